The molecule has 2 unspecified atom stereocenters. The third kappa shape index (κ3) is 4.57. The van der Waals surface area contributed by atoms with E-state index in [1.807, 2.05) is 0 Å². The van der Waals surface area contributed by atoms with Gasteiger partial charge in [0.2, 0.25) is 0 Å². The molecular formula is C14H28N2O. The molecule has 0 radical (unpaired) electrons. The normalized spacial score (nSPS) is 28.4. The number of hydrogen-bond acceptors (Lipinski definition) is 3. The second-order valence-electron chi connectivity index (χ2n) is 5.57. The third-order valence-electron chi connectivity index (χ3n) is 4.12. The Hall–Kier alpha value is -0.120. The van der Waals surface area contributed by atoms with Crippen LogP contribution in [-0.4, -0.2) is 49.8 Å². The zero-order valence-electron chi connectivity index (χ0n) is 11.3. The molecule has 2 aliphatic heterocycles. The molecule has 2 atom stereocenters. The van der Waals surface area contributed by atoms with Gasteiger partial charge in [-0.15, -0.1) is 0 Å². The molecule has 2 aliphatic rings. The monoisotopic (exact) mass is 240 g/mol. The van der Waals surface area contributed by atoms with Crippen LogP contribution in [0.4, 0.5) is 0 Å². The summed E-state index contributed by atoms with van der Waals surface area (Å²) in [5, 5.41) is 3.59. The molecule has 100 valence electrons. The molecule has 3 heteroatoms. The minimum absolute atomic E-state index is 0.535. The van der Waals surface area contributed by atoms with E-state index in [0.717, 1.165) is 19.7 Å². The Morgan fingerprint density at radius 3 is 2.76 bits per heavy atom. The fourth-order valence-corrected chi connectivity index (χ4v) is 2.93. The Morgan fingerprint density at radius 1 is 1.24 bits per heavy atom. The molecule has 2 saturated heterocycles. The molecular weight excluding hydrogens is 212 g/mol. The summed E-state index contributed by atoms with van der Waals surface area (Å²) in [5.74, 6) is 0. The van der Waals surface area contributed by atoms with Crippen molar-refractivity contribution in [1.29, 1.82) is 0 Å². The first kappa shape index (κ1) is 13.3. The van der Waals surface area contributed by atoms with Crippen molar-refractivity contribution in [2.24, 2.45) is 0 Å². The second-order valence-corrected chi connectivity index (χ2v) is 5.57. The van der Waals surface area contributed by atoms with E-state index in [1.165, 1.54) is 51.6 Å². The van der Waals surface area contributed by atoms with Crippen LogP contribution in [0.3, 0.4) is 0 Å². The van der Waals surface area contributed by atoms with Gasteiger partial charge in [0.25, 0.3) is 0 Å². The van der Waals surface area contributed by atoms with E-state index in [4.69, 9.17) is 4.74 Å². The smallest absolute Gasteiger partial charge is 0.0588 e. The van der Waals surface area contributed by atoms with Crippen LogP contribution in [0.1, 0.15) is 45.4 Å². The number of nitrogens with one attached hydrogen (secondary N) is 1. The van der Waals surface area contributed by atoms with Gasteiger partial charge in [-0.05, 0) is 58.7 Å². The van der Waals surface area contributed by atoms with Crippen LogP contribution in [0.2, 0.25) is 0 Å². The zero-order valence-corrected chi connectivity index (χ0v) is 11.3. The van der Waals surface area contributed by atoms with E-state index in [0.29, 0.717) is 12.1 Å². The van der Waals surface area contributed by atoms with Gasteiger partial charge in [-0.3, -0.25) is 4.90 Å². The summed E-state index contributed by atoms with van der Waals surface area (Å²) in [6.45, 7) is 8.18. The summed E-state index contributed by atoms with van der Waals surface area (Å²) in [6.07, 6.45) is 8.45. The predicted octanol–water partition coefficient (Wildman–Crippen LogP) is 2.02. The van der Waals surface area contributed by atoms with Gasteiger partial charge in [0, 0.05) is 19.2 Å². The van der Waals surface area contributed by atoms with Crippen LogP contribution < -0.4 is 5.32 Å². The first-order valence-electron chi connectivity index (χ1n) is 7.42. The fraction of sp³-hybridized carbons (Fsp3) is 1.00. The van der Waals surface area contributed by atoms with E-state index in [2.05, 4.69) is 17.1 Å². The first-order valence-corrected chi connectivity index (χ1v) is 7.42. The van der Waals surface area contributed by atoms with Crippen LogP contribution in [0.25, 0.3) is 0 Å². The molecule has 0 aromatic rings. The summed E-state index contributed by atoms with van der Waals surface area (Å²) >= 11 is 0. The SMILES string of the molecule is CC(CNCCC1CCCO1)N1CCCCC1. The fourth-order valence-electron chi connectivity index (χ4n) is 2.93. The Morgan fingerprint density at radius 2 is 2.06 bits per heavy atom. The molecule has 0 aliphatic carbocycles. The van der Waals surface area contributed by atoms with Crippen LogP contribution in [0, 0.1) is 0 Å². The second kappa shape index (κ2) is 7.34. The molecule has 3 nitrogen and oxygen atoms in total. The maximum atomic E-state index is 5.63. The van der Waals surface area contributed by atoms with Crippen LogP contribution in [0.15, 0.2) is 0 Å². The number of rotatable bonds is 6. The van der Waals surface area contributed by atoms with E-state index < -0.39 is 0 Å². The van der Waals surface area contributed by atoms with Gasteiger partial charge in [0.05, 0.1) is 6.10 Å². The summed E-state index contributed by atoms with van der Waals surface area (Å²) in [6, 6.07) is 0.694. The van der Waals surface area contributed by atoms with Crippen molar-refractivity contribution >= 4 is 0 Å². The Labute approximate surface area is 106 Å². The number of piperidine rings is 1. The van der Waals surface area contributed by atoms with Crippen LogP contribution in [-0.2, 0) is 4.74 Å². The quantitative estimate of drug-likeness (QED) is 0.719. The van der Waals surface area contributed by atoms with E-state index in [9.17, 15) is 0 Å². The third-order valence-corrected chi connectivity index (χ3v) is 4.12. The van der Waals surface area contributed by atoms with Crippen molar-refractivity contribution in [3.05, 3.63) is 0 Å². The van der Waals surface area contributed by atoms with Crippen LogP contribution in [0.5, 0.6) is 0 Å². The highest BCUT2D eigenvalue weighted by molar-refractivity contribution is 4.74. The standard InChI is InChI=1S/C14H28N2O/c1-13(16-9-3-2-4-10-16)12-15-8-7-14-6-5-11-17-14/h13-15H,2-12H2,1H3. The molecule has 0 saturated carbocycles. The Bertz CT molecular complexity index is 198. The van der Waals surface area contributed by atoms with Gasteiger partial charge in [-0.1, -0.05) is 6.42 Å². The van der Waals surface area contributed by atoms with Crippen molar-refractivity contribution in [3.8, 4) is 0 Å². The molecule has 2 rings (SSSR count). The number of hydrogen-bond donors (Lipinski definition) is 1. The highest BCUT2D eigenvalue weighted by Crippen LogP contribution is 2.14. The van der Waals surface area contributed by atoms with Crippen molar-refractivity contribution in [2.45, 2.75) is 57.6 Å². The highest BCUT2D eigenvalue weighted by atomic mass is 16.5. The molecule has 1 N–H and O–H groups in total. The van der Waals surface area contributed by atoms with Gasteiger partial charge >= 0.3 is 0 Å². The van der Waals surface area contributed by atoms with E-state index in [-0.39, 0.29) is 0 Å². The zero-order chi connectivity index (χ0) is 11.9. The van der Waals surface area contributed by atoms with Gasteiger partial charge < -0.3 is 10.1 Å². The number of ether oxygens (including phenoxy) is 1. The first-order chi connectivity index (χ1) is 8.36. The van der Waals surface area contributed by atoms with Crippen molar-refractivity contribution in [1.82, 2.24) is 10.2 Å². The molecule has 17 heavy (non-hydrogen) atoms. The molecule has 0 aromatic heterocycles. The lowest BCUT2D eigenvalue weighted by molar-refractivity contribution is 0.103. The molecule has 0 aromatic carbocycles. The lowest BCUT2D eigenvalue weighted by atomic mass is 10.1. The molecule has 2 heterocycles. The maximum Gasteiger partial charge on any atom is 0.0588 e. The molecule has 2 fully saturated rings. The molecule has 0 spiro atoms. The van der Waals surface area contributed by atoms with Gasteiger partial charge in [-0.25, -0.2) is 0 Å². The number of nitrogens with zero attached hydrogens (tertiary/aromatic N) is 1. The lowest BCUT2D eigenvalue weighted by Gasteiger charge is -2.32. The van der Waals surface area contributed by atoms with Crippen molar-refractivity contribution in [2.75, 3.05) is 32.8 Å². The largest absolute Gasteiger partial charge is 0.378 e. The minimum atomic E-state index is 0.535. The Balaban J connectivity index is 1.51. The predicted molar refractivity (Wildman–Crippen MR) is 71.3 cm³/mol. The average Bonchev–Trinajstić information content (AvgIpc) is 2.88. The molecule has 0 amide bonds. The minimum Gasteiger partial charge on any atom is -0.378 e. The van der Waals surface area contributed by atoms with E-state index >= 15 is 0 Å². The summed E-state index contributed by atoms with van der Waals surface area (Å²) in [4.78, 5) is 2.63. The average molecular weight is 240 g/mol. The number of likely N-dealkylation sites (tertiary alicyclic amines) is 1. The maximum absolute atomic E-state index is 5.63. The lowest BCUT2D eigenvalue weighted by Crippen LogP contribution is -2.43. The molecule has 0 bridgehead atoms. The summed E-state index contributed by atoms with van der Waals surface area (Å²) in [5.41, 5.74) is 0. The van der Waals surface area contributed by atoms with Gasteiger partial charge in [0.15, 0.2) is 0 Å². The van der Waals surface area contributed by atoms with Crippen LogP contribution >= 0.6 is 0 Å². The summed E-state index contributed by atoms with van der Waals surface area (Å²) in [7, 11) is 0. The van der Waals surface area contributed by atoms with E-state index in [1.54, 1.807) is 0 Å². The van der Waals surface area contributed by atoms with Crippen molar-refractivity contribution in [3.63, 3.8) is 0 Å². The van der Waals surface area contributed by atoms with Gasteiger partial charge in [0.1, 0.15) is 0 Å². The summed E-state index contributed by atoms with van der Waals surface area (Å²) < 4.78 is 5.63. The van der Waals surface area contributed by atoms with Gasteiger partial charge in [-0.2, -0.15) is 0 Å². The highest BCUT2D eigenvalue weighted by Gasteiger charge is 2.17. The van der Waals surface area contributed by atoms with Crippen molar-refractivity contribution < 1.29 is 4.74 Å². The topological polar surface area (TPSA) is 24.5 Å². The Kier molecular flexibility index (Phi) is 5.75.